The van der Waals surface area contributed by atoms with E-state index < -0.39 is 0 Å². The van der Waals surface area contributed by atoms with Crippen molar-refractivity contribution >= 4 is 11.6 Å². The van der Waals surface area contributed by atoms with Crippen LogP contribution in [0, 0.1) is 5.92 Å². The van der Waals surface area contributed by atoms with Crippen molar-refractivity contribution in [2.24, 2.45) is 5.92 Å². The second-order valence-corrected chi connectivity index (χ2v) is 6.01. The smallest absolute Gasteiger partial charge is 0.224 e. The Balaban J connectivity index is 1.66. The summed E-state index contributed by atoms with van der Waals surface area (Å²) in [7, 11) is 0. The number of carbonyl (C=O) groups excluding carboxylic acids is 1. The van der Waals surface area contributed by atoms with Gasteiger partial charge >= 0.3 is 0 Å². The van der Waals surface area contributed by atoms with E-state index in [4.69, 9.17) is 5.73 Å². The van der Waals surface area contributed by atoms with E-state index in [0.29, 0.717) is 12.3 Å². The minimum absolute atomic E-state index is 0.107. The number of anilines is 1. The van der Waals surface area contributed by atoms with Gasteiger partial charge in [-0.25, -0.2) is 0 Å². The van der Waals surface area contributed by atoms with Crippen LogP contribution in [0.25, 0.3) is 0 Å². The first-order valence-corrected chi connectivity index (χ1v) is 8.01. The first-order chi connectivity index (χ1) is 10.2. The zero-order valence-electron chi connectivity index (χ0n) is 13.0. The summed E-state index contributed by atoms with van der Waals surface area (Å²) >= 11 is 0. The molecule has 1 fully saturated rings. The maximum Gasteiger partial charge on any atom is 0.224 e. The highest BCUT2D eigenvalue weighted by atomic mass is 16.1. The number of piperidine rings is 1. The number of nitrogens with zero attached hydrogens (tertiary/aromatic N) is 1. The molecular weight excluding hydrogens is 262 g/mol. The molecule has 4 nitrogen and oxygen atoms in total. The van der Waals surface area contributed by atoms with Crippen molar-refractivity contribution in [2.75, 3.05) is 31.9 Å². The summed E-state index contributed by atoms with van der Waals surface area (Å²) in [5.74, 6) is 0.740. The van der Waals surface area contributed by atoms with Crippen molar-refractivity contribution in [3.63, 3.8) is 0 Å². The summed E-state index contributed by atoms with van der Waals surface area (Å²) in [6, 6.07) is 7.51. The molecule has 0 radical (unpaired) electrons. The molecule has 1 aromatic rings. The van der Waals surface area contributed by atoms with Crippen molar-refractivity contribution in [1.29, 1.82) is 0 Å². The molecule has 4 heteroatoms. The van der Waals surface area contributed by atoms with Crippen LogP contribution in [-0.2, 0) is 11.2 Å². The number of likely N-dealkylation sites (tertiary alicyclic amines) is 1. The van der Waals surface area contributed by atoms with Gasteiger partial charge in [-0.2, -0.15) is 0 Å². The molecule has 1 aromatic carbocycles. The van der Waals surface area contributed by atoms with E-state index in [2.05, 4.69) is 17.1 Å². The molecule has 2 rings (SSSR count). The third kappa shape index (κ3) is 5.38. The summed E-state index contributed by atoms with van der Waals surface area (Å²) in [5, 5.41) is 3.07. The second kappa shape index (κ2) is 8.03. The van der Waals surface area contributed by atoms with Gasteiger partial charge in [-0.1, -0.05) is 19.1 Å². The summed E-state index contributed by atoms with van der Waals surface area (Å²) in [6.45, 7) is 6.59. The van der Waals surface area contributed by atoms with Crippen molar-refractivity contribution in [1.82, 2.24) is 10.2 Å². The molecule has 21 heavy (non-hydrogen) atoms. The predicted molar refractivity (Wildman–Crippen MR) is 87.0 cm³/mol. The summed E-state index contributed by atoms with van der Waals surface area (Å²) < 4.78 is 0. The van der Waals surface area contributed by atoms with Crippen LogP contribution in [0.1, 0.15) is 31.7 Å². The van der Waals surface area contributed by atoms with Gasteiger partial charge in [0.1, 0.15) is 0 Å². The standard InChI is InChI=1S/C17H27N3O/c1-2-9-20-10-7-15(8-11-20)13-19-17(21)12-14-3-5-16(18)6-4-14/h3-6,15H,2,7-13,18H2,1H3,(H,19,21). The molecule has 1 aliphatic heterocycles. The summed E-state index contributed by atoms with van der Waals surface area (Å²) in [5.41, 5.74) is 7.39. The number of carbonyl (C=O) groups is 1. The molecule has 1 saturated heterocycles. The number of nitrogens with one attached hydrogen (secondary N) is 1. The Bertz CT molecular complexity index is 436. The number of rotatable bonds is 6. The molecule has 116 valence electrons. The van der Waals surface area contributed by atoms with Gasteiger partial charge in [-0.3, -0.25) is 4.79 Å². The van der Waals surface area contributed by atoms with E-state index in [1.165, 1.54) is 38.9 Å². The number of benzene rings is 1. The van der Waals surface area contributed by atoms with E-state index >= 15 is 0 Å². The Morgan fingerprint density at radius 2 is 1.95 bits per heavy atom. The van der Waals surface area contributed by atoms with Crippen molar-refractivity contribution in [3.8, 4) is 0 Å². The van der Waals surface area contributed by atoms with Crippen LogP contribution in [0.3, 0.4) is 0 Å². The zero-order valence-corrected chi connectivity index (χ0v) is 13.0. The maximum atomic E-state index is 12.0. The zero-order chi connectivity index (χ0) is 15.1. The first kappa shape index (κ1) is 15.8. The van der Waals surface area contributed by atoms with Crippen LogP contribution in [-0.4, -0.2) is 37.0 Å². The average Bonchev–Trinajstić information content (AvgIpc) is 2.49. The highest BCUT2D eigenvalue weighted by Crippen LogP contribution is 2.16. The molecule has 1 aliphatic rings. The molecule has 3 N–H and O–H groups in total. The molecule has 1 heterocycles. The van der Waals surface area contributed by atoms with Crippen LogP contribution in [0.4, 0.5) is 5.69 Å². The van der Waals surface area contributed by atoms with Gasteiger partial charge in [0.25, 0.3) is 0 Å². The summed E-state index contributed by atoms with van der Waals surface area (Å²) in [6.07, 6.45) is 4.06. The fraction of sp³-hybridized carbons (Fsp3) is 0.588. The lowest BCUT2D eigenvalue weighted by Gasteiger charge is -2.31. The lowest BCUT2D eigenvalue weighted by Crippen LogP contribution is -2.39. The molecule has 1 amide bonds. The predicted octanol–water partition coefficient (Wildman–Crippen LogP) is 2.05. The molecule has 0 aliphatic carbocycles. The Labute approximate surface area is 127 Å². The van der Waals surface area contributed by atoms with E-state index in [1.807, 2.05) is 24.3 Å². The molecule has 0 aromatic heterocycles. The lowest BCUT2D eigenvalue weighted by atomic mass is 9.96. The second-order valence-electron chi connectivity index (χ2n) is 6.01. The van der Waals surface area contributed by atoms with Crippen LogP contribution < -0.4 is 11.1 Å². The van der Waals surface area contributed by atoms with Gasteiger partial charge in [0.05, 0.1) is 6.42 Å². The minimum atomic E-state index is 0.107. The van der Waals surface area contributed by atoms with Gasteiger partial charge in [-0.15, -0.1) is 0 Å². The molecule has 0 unspecified atom stereocenters. The van der Waals surface area contributed by atoms with Gasteiger partial charge in [0.15, 0.2) is 0 Å². The Kier molecular flexibility index (Phi) is 6.05. The van der Waals surface area contributed by atoms with Gasteiger partial charge in [-0.05, 0) is 62.5 Å². The third-order valence-corrected chi connectivity index (χ3v) is 4.18. The van der Waals surface area contributed by atoms with E-state index in [1.54, 1.807) is 0 Å². The number of hydrogen-bond donors (Lipinski definition) is 2. The SMILES string of the molecule is CCCN1CCC(CNC(=O)Cc2ccc(N)cc2)CC1. The number of hydrogen-bond acceptors (Lipinski definition) is 3. The molecule has 0 bridgehead atoms. The Morgan fingerprint density at radius 3 is 2.57 bits per heavy atom. The van der Waals surface area contributed by atoms with Crippen molar-refractivity contribution in [2.45, 2.75) is 32.6 Å². The van der Waals surface area contributed by atoms with Gasteiger partial charge in [0.2, 0.25) is 5.91 Å². The lowest BCUT2D eigenvalue weighted by molar-refractivity contribution is -0.120. The monoisotopic (exact) mass is 289 g/mol. The first-order valence-electron chi connectivity index (χ1n) is 8.01. The number of nitrogen functional groups attached to an aromatic ring is 1. The number of nitrogens with two attached hydrogens (primary N) is 1. The topological polar surface area (TPSA) is 58.4 Å². The number of amides is 1. The van der Waals surface area contributed by atoms with Crippen molar-refractivity contribution in [3.05, 3.63) is 29.8 Å². The van der Waals surface area contributed by atoms with Crippen molar-refractivity contribution < 1.29 is 4.79 Å². The maximum absolute atomic E-state index is 12.0. The largest absolute Gasteiger partial charge is 0.399 e. The highest BCUT2D eigenvalue weighted by Gasteiger charge is 2.18. The van der Waals surface area contributed by atoms with E-state index in [0.717, 1.165) is 17.8 Å². The third-order valence-electron chi connectivity index (χ3n) is 4.18. The molecule has 0 spiro atoms. The van der Waals surface area contributed by atoms with Gasteiger partial charge in [0, 0.05) is 12.2 Å². The van der Waals surface area contributed by atoms with Crippen LogP contribution >= 0.6 is 0 Å². The average molecular weight is 289 g/mol. The molecule has 0 atom stereocenters. The molecular formula is C17H27N3O. The highest BCUT2D eigenvalue weighted by molar-refractivity contribution is 5.78. The Morgan fingerprint density at radius 1 is 1.29 bits per heavy atom. The van der Waals surface area contributed by atoms with Crippen LogP contribution in [0.15, 0.2) is 24.3 Å². The van der Waals surface area contributed by atoms with Crippen LogP contribution in [0.5, 0.6) is 0 Å². The quantitative estimate of drug-likeness (QED) is 0.788. The fourth-order valence-corrected chi connectivity index (χ4v) is 2.87. The molecule has 0 saturated carbocycles. The fourth-order valence-electron chi connectivity index (χ4n) is 2.87. The minimum Gasteiger partial charge on any atom is -0.399 e. The van der Waals surface area contributed by atoms with Gasteiger partial charge < -0.3 is 16.0 Å². The van der Waals surface area contributed by atoms with E-state index in [9.17, 15) is 4.79 Å². The normalized spacial score (nSPS) is 16.8. The summed E-state index contributed by atoms with van der Waals surface area (Å²) in [4.78, 5) is 14.5. The Hall–Kier alpha value is -1.55. The van der Waals surface area contributed by atoms with E-state index in [-0.39, 0.29) is 5.91 Å². The van der Waals surface area contributed by atoms with Crippen LogP contribution in [0.2, 0.25) is 0 Å².